The molecule has 0 aliphatic carbocycles. The molecule has 0 saturated carbocycles. The third-order valence-corrected chi connectivity index (χ3v) is 2.64. The van der Waals surface area contributed by atoms with Gasteiger partial charge in [-0.05, 0) is 0 Å². The monoisotopic (exact) mass is 290 g/mol. The minimum Gasteiger partial charge on any atom is -0.410 e. The van der Waals surface area contributed by atoms with E-state index in [-0.39, 0.29) is 0 Å². The van der Waals surface area contributed by atoms with Gasteiger partial charge in [0.1, 0.15) is 13.2 Å². The van der Waals surface area contributed by atoms with Crippen molar-refractivity contribution in [2.24, 2.45) is 0 Å². The van der Waals surface area contributed by atoms with Gasteiger partial charge in [-0.3, -0.25) is 9.59 Å². The summed E-state index contributed by atoms with van der Waals surface area (Å²) in [5, 5.41) is 18.3. The summed E-state index contributed by atoms with van der Waals surface area (Å²) in [7, 11) is 0. The predicted octanol–water partition coefficient (Wildman–Crippen LogP) is -2.66. The second-order valence-corrected chi connectivity index (χ2v) is 4.05. The van der Waals surface area contributed by atoms with Crippen molar-refractivity contribution in [2.45, 2.75) is 24.4 Å². The summed E-state index contributed by atoms with van der Waals surface area (Å²) in [6.07, 6.45) is -0.931. The number of hydrogen-bond acceptors (Lipinski definition) is 10. The molecule has 3 rings (SSSR count). The number of carbonyl (C=O) groups excluding carboxylic acids is 4. The molecule has 0 radical (unpaired) electrons. The Morgan fingerprint density at radius 1 is 0.750 bits per heavy atom. The number of aliphatic hydroxyl groups is 2. The summed E-state index contributed by atoms with van der Waals surface area (Å²) in [4.78, 5) is 46.4. The lowest BCUT2D eigenvalue weighted by molar-refractivity contribution is -0.317. The number of ether oxygens (including phenoxy) is 4. The SMILES string of the molecule is O=C1CCC(=O)OC2(CO)OC(=O)C(CO)(O1)OC2=O. The number of rotatable bonds is 2. The summed E-state index contributed by atoms with van der Waals surface area (Å²) in [5.41, 5.74) is 0. The highest BCUT2D eigenvalue weighted by molar-refractivity contribution is 5.95. The Hall–Kier alpha value is -2.20. The average Bonchev–Trinajstić information content (AvgIpc) is 2.41. The molecule has 10 heteroatoms. The van der Waals surface area contributed by atoms with Crippen LogP contribution in [-0.2, 0) is 38.1 Å². The lowest BCUT2D eigenvalue weighted by atomic mass is 10.2. The summed E-state index contributed by atoms with van der Waals surface area (Å²) < 4.78 is 18.2. The van der Waals surface area contributed by atoms with E-state index in [9.17, 15) is 19.2 Å². The van der Waals surface area contributed by atoms with Gasteiger partial charge in [-0.1, -0.05) is 0 Å². The Labute approximate surface area is 111 Å². The maximum atomic E-state index is 11.8. The third-order valence-electron chi connectivity index (χ3n) is 2.64. The minimum atomic E-state index is -2.66. The normalized spacial score (nSPS) is 33.9. The van der Waals surface area contributed by atoms with Crippen molar-refractivity contribution in [1.82, 2.24) is 0 Å². The molecule has 110 valence electrons. The second kappa shape index (κ2) is 4.72. The Balaban J connectivity index is 2.45. The third kappa shape index (κ3) is 2.08. The molecule has 0 amide bonds. The zero-order chi connectivity index (χ0) is 15.0. The van der Waals surface area contributed by atoms with Gasteiger partial charge < -0.3 is 29.2 Å². The van der Waals surface area contributed by atoms with Gasteiger partial charge in [-0.15, -0.1) is 0 Å². The molecule has 0 aromatic carbocycles. The van der Waals surface area contributed by atoms with Crippen LogP contribution < -0.4 is 0 Å². The Bertz CT molecular complexity index is 440. The summed E-state index contributed by atoms with van der Waals surface area (Å²) in [6.45, 7) is -2.36. The summed E-state index contributed by atoms with van der Waals surface area (Å²) >= 11 is 0. The molecule has 3 heterocycles. The fourth-order valence-corrected chi connectivity index (χ4v) is 1.60. The van der Waals surface area contributed by atoms with Gasteiger partial charge in [-0.2, -0.15) is 0 Å². The molecule has 10 nitrogen and oxygen atoms in total. The highest BCUT2D eigenvalue weighted by atomic mass is 16.8. The fourth-order valence-electron chi connectivity index (χ4n) is 1.60. The van der Waals surface area contributed by atoms with Crippen LogP contribution in [0.25, 0.3) is 0 Å². The Morgan fingerprint density at radius 2 is 1.10 bits per heavy atom. The zero-order valence-electron chi connectivity index (χ0n) is 9.99. The van der Waals surface area contributed by atoms with E-state index in [1.807, 2.05) is 0 Å². The maximum absolute atomic E-state index is 11.8. The van der Waals surface area contributed by atoms with Crippen LogP contribution in [0.4, 0.5) is 0 Å². The van der Waals surface area contributed by atoms with Crippen molar-refractivity contribution in [3.8, 4) is 0 Å². The molecule has 2 N–H and O–H groups in total. The highest BCUT2D eigenvalue weighted by Gasteiger charge is 2.63. The van der Waals surface area contributed by atoms with E-state index in [1.54, 1.807) is 0 Å². The van der Waals surface area contributed by atoms with E-state index in [0.717, 1.165) is 0 Å². The number of esters is 4. The molecule has 0 aromatic rings. The summed E-state index contributed by atoms with van der Waals surface area (Å²) in [5.74, 6) is -10.4. The molecule has 3 saturated heterocycles. The topological polar surface area (TPSA) is 146 Å². The van der Waals surface area contributed by atoms with Gasteiger partial charge >= 0.3 is 35.5 Å². The van der Waals surface area contributed by atoms with Crippen LogP contribution in [0.15, 0.2) is 0 Å². The van der Waals surface area contributed by atoms with Gasteiger partial charge in [0.25, 0.3) is 0 Å². The van der Waals surface area contributed by atoms with Crippen LogP contribution in [0.2, 0.25) is 0 Å². The predicted molar refractivity (Wildman–Crippen MR) is 53.2 cm³/mol. The quantitative estimate of drug-likeness (QED) is 0.516. The summed E-state index contributed by atoms with van der Waals surface area (Å²) in [6, 6.07) is 0. The molecule has 3 aliphatic rings. The molecule has 0 spiro atoms. The van der Waals surface area contributed by atoms with Crippen LogP contribution in [0, 0.1) is 0 Å². The number of carbonyl (C=O) groups is 4. The first kappa shape index (κ1) is 14.2. The van der Waals surface area contributed by atoms with E-state index >= 15 is 0 Å². The fraction of sp³-hybridized carbons (Fsp3) is 0.600. The van der Waals surface area contributed by atoms with Crippen molar-refractivity contribution in [1.29, 1.82) is 0 Å². The van der Waals surface area contributed by atoms with Crippen molar-refractivity contribution in [3.05, 3.63) is 0 Å². The van der Waals surface area contributed by atoms with Gasteiger partial charge in [0.2, 0.25) is 0 Å². The van der Waals surface area contributed by atoms with Gasteiger partial charge in [-0.25, -0.2) is 9.59 Å². The van der Waals surface area contributed by atoms with Gasteiger partial charge in [0.05, 0.1) is 12.8 Å². The lowest BCUT2D eigenvalue weighted by Crippen LogP contribution is -2.66. The van der Waals surface area contributed by atoms with Crippen molar-refractivity contribution in [2.75, 3.05) is 13.2 Å². The molecular formula is C10H10O10. The van der Waals surface area contributed by atoms with Crippen molar-refractivity contribution in [3.63, 3.8) is 0 Å². The first-order valence-corrected chi connectivity index (χ1v) is 5.50. The Morgan fingerprint density at radius 3 is 1.40 bits per heavy atom. The van der Waals surface area contributed by atoms with Gasteiger partial charge in [0, 0.05) is 0 Å². The standard InChI is InChI=1S/C10H10O10/c11-3-9-7(15)20-10(4-12,8(16)19-9)18-6(14)2-1-5(13)17-9/h11-12H,1-4H2. The van der Waals surface area contributed by atoms with Crippen LogP contribution in [-0.4, -0.2) is 58.9 Å². The molecular weight excluding hydrogens is 280 g/mol. The maximum Gasteiger partial charge on any atom is 0.399 e. The average molecular weight is 290 g/mol. The number of hydrogen-bond donors (Lipinski definition) is 2. The molecule has 2 bridgehead atoms. The smallest absolute Gasteiger partial charge is 0.399 e. The second-order valence-electron chi connectivity index (χ2n) is 4.05. The highest BCUT2D eigenvalue weighted by Crippen LogP contribution is 2.32. The minimum absolute atomic E-state index is 0.465. The van der Waals surface area contributed by atoms with E-state index in [4.69, 9.17) is 10.2 Å². The van der Waals surface area contributed by atoms with E-state index in [2.05, 4.69) is 18.9 Å². The van der Waals surface area contributed by atoms with Crippen LogP contribution in [0.3, 0.4) is 0 Å². The Kier molecular flexibility index (Phi) is 3.36. The first-order chi connectivity index (χ1) is 9.37. The zero-order valence-corrected chi connectivity index (χ0v) is 9.99. The van der Waals surface area contributed by atoms with E-state index in [0.29, 0.717) is 0 Å². The van der Waals surface area contributed by atoms with Crippen LogP contribution in [0.1, 0.15) is 12.8 Å². The lowest BCUT2D eigenvalue weighted by Gasteiger charge is -2.40. The first-order valence-electron chi connectivity index (χ1n) is 5.50. The van der Waals surface area contributed by atoms with Crippen LogP contribution >= 0.6 is 0 Å². The largest absolute Gasteiger partial charge is 0.410 e. The van der Waals surface area contributed by atoms with Gasteiger partial charge in [0.15, 0.2) is 0 Å². The number of aliphatic hydroxyl groups excluding tert-OH is 2. The molecule has 0 aromatic heterocycles. The molecule has 20 heavy (non-hydrogen) atoms. The molecule has 3 aliphatic heterocycles. The molecule has 2 unspecified atom stereocenters. The number of fused-ring (bicyclic) bond motifs is 7. The van der Waals surface area contributed by atoms with E-state index in [1.165, 1.54) is 0 Å². The van der Waals surface area contributed by atoms with E-state index < -0.39 is 61.5 Å². The van der Waals surface area contributed by atoms with Crippen molar-refractivity contribution < 1.29 is 48.3 Å². The van der Waals surface area contributed by atoms with Crippen LogP contribution in [0.5, 0.6) is 0 Å². The van der Waals surface area contributed by atoms with Crippen molar-refractivity contribution >= 4 is 23.9 Å². The molecule has 3 fully saturated rings. The molecule has 2 atom stereocenters.